The van der Waals surface area contributed by atoms with E-state index in [1.165, 1.54) is 7.11 Å². The molecule has 2 aromatic carbocycles. The van der Waals surface area contributed by atoms with Crippen molar-refractivity contribution in [3.8, 4) is 11.5 Å². The first-order valence-corrected chi connectivity index (χ1v) is 11.4. The SMILES string of the molecule is C=CCc1ccc(O)c(OC)c1.O.O=[N+]([O-])c1cc(C(F)(F)F)c(Cl)c([N+](=O)[O-])c1Nc1ncc(C(F)(F)F)cc1Cl. The maximum absolute atomic E-state index is 13.0. The van der Waals surface area contributed by atoms with Gasteiger partial charge in [-0.2, -0.15) is 26.3 Å². The van der Waals surface area contributed by atoms with Gasteiger partial charge >= 0.3 is 23.7 Å². The summed E-state index contributed by atoms with van der Waals surface area (Å²) in [5.41, 5.74) is -6.18. The number of rotatable bonds is 7. The highest BCUT2D eigenvalue weighted by Gasteiger charge is 2.42. The largest absolute Gasteiger partial charge is 0.504 e. The minimum absolute atomic E-state index is 0. The third-order valence-corrected chi connectivity index (χ3v) is 5.61. The number of alkyl halides is 6. The van der Waals surface area contributed by atoms with Gasteiger partial charge in [-0.1, -0.05) is 35.3 Å². The number of phenolic OH excluding ortho intramolecular Hbond substituents is 1. The van der Waals surface area contributed by atoms with Gasteiger partial charge in [-0.05, 0) is 30.2 Å². The second-order valence-electron chi connectivity index (χ2n) is 7.67. The Bertz CT molecular complexity index is 1490. The number of aromatic nitrogens is 1. The molecular formula is C23H18Cl2F6N4O7. The molecule has 228 valence electrons. The molecule has 0 aliphatic heterocycles. The molecule has 0 unspecified atom stereocenters. The van der Waals surface area contributed by atoms with Crippen LogP contribution in [0.4, 0.5) is 49.2 Å². The van der Waals surface area contributed by atoms with Crippen LogP contribution in [-0.4, -0.2) is 32.5 Å². The summed E-state index contributed by atoms with van der Waals surface area (Å²) in [5, 5.41) is 31.4. The van der Waals surface area contributed by atoms with Crippen LogP contribution in [0.5, 0.6) is 11.5 Å². The fourth-order valence-corrected chi connectivity index (χ4v) is 3.63. The molecule has 0 atom stereocenters. The van der Waals surface area contributed by atoms with Gasteiger partial charge < -0.3 is 20.6 Å². The molecule has 0 saturated heterocycles. The van der Waals surface area contributed by atoms with Crippen molar-refractivity contribution in [2.24, 2.45) is 0 Å². The van der Waals surface area contributed by atoms with Crippen molar-refractivity contribution in [3.63, 3.8) is 0 Å². The first-order chi connectivity index (χ1) is 18.9. The minimum atomic E-state index is -5.27. The van der Waals surface area contributed by atoms with Gasteiger partial charge in [0.25, 0.3) is 0 Å². The van der Waals surface area contributed by atoms with Crippen molar-refractivity contribution in [1.82, 2.24) is 4.98 Å². The van der Waals surface area contributed by atoms with Gasteiger partial charge in [0.15, 0.2) is 17.2 Å². The first kappa shape index (κ1) is 35.7. The van der Waals surface area contributed by atoms with Crippen molar-refractivity contribution >= 4 is 46.1 Å². The van der Waals surface area contributed by atoms with Crippen molar-refractivity contribution in [2.75, 3.05) is 12.4 Å². The van der Waals surface area contributed by atoms with Gasteiger partial charge in [-0.3, -0.25) is 20.2 Å². The lowest BCUT2D eigenvalue weighted by molar-refractivity contribution is -0.392. The van der Waals surface area contributed by atoms with E-state index in [4.69, 9.17) is 27.9 Å². The molecule has 0 spiro atoms. The molecule has 0 aliphatic rings. The van der Waals surface area contributed by atoms with Crippen molar-refractivity contribution in [2.45, 2.75) is 18.8 Å². The number of hydrogen-bond donors (Lipinski definition) is 2. The first-order valence-electron chi connectivity index (χ1n) is 10.6. The summed E-state index contributed by atoms with van der Waals surface area (Å²) in [6.45, 7) is 3.63. The Labute approximate surface area is 241 Å². The molecule has 0 fully saturated rings. The molecule has 0 aliphatic carbocycles. The molecule has 19 heteroatoms. The molecule has 0 saturated carbocycles. The van der Waals surface area contributed by atoms with E-state index in [-0.39, 0.29) is 23.5 Å². The minimum Gasteiger partial charge on any atom is -0.504 e. The van der Waals surface area contributed by atoms with E-state index >= 15 is 0 Å². The lowest BCUT2D eigenvalue weighted by Crippen LogP contribution is -2.12. The summed E-state index contributed by atoms with van der Waals surface area (Å²) in [4.78, 5) is 22.9. The second-order valence-corrected chi connectivity index (χ2v) is 8.45. The van der Waals surface area contributed by atoms with E-state index in [2.05, 4.69) is 11.6 Å². The van der Waals surface area contributed by atoms with Crippen LogP contribution in [0.1, 0.15) is 16.7 Å². The molecule has 4 N–H and O–H groups in total. The van der Waals surface area contributed by atoms with Gasteiger partial charge in [-0.25, -0.2) is 4.98 Å². The number of ether oxygens (including phenoxy) is 1. The lowest BCUT2D eigenvalue weighted by atomic mass is 10.1. The maximum Gasteiger partial charge on any atom is 0.418 e. The number of anilines is 2. The Balaban J connectivity index is 0.000000569. The van der Waals surface area contributed by atoms with Gasteiger partial charge in [0, 0.05) is 12.3 Å². The van der Waals surface area contributed by atoms with Crippen LogP contribution >= 0.6 is 23.2 Å². The third kappa shape index (κ3) is 8.58. The van der Waals surface area contributed by atoms with Gasteiger partial charge in [0.2, 0.25) is 0 Å². The topological polar surface area (TPSA) is 172 Å². The van der Waals surface area contributed by atoms with E-state index < -0.39 is 66.3 Å². The fraction of sp³-hybridized carbons (Fsp3) is 0.174. The van der Waals surface area contributed by atoms with Crippen LogP contribution in [0.3, 0.4) is 0 Å². The molecule has 0 radical (unpaired) electrons. The fourth-order valence-electron chi connectivity index (χ4n) is 3.09. The zero-order valence-corrected chi connectivity index (χ0v) is 22.3. The summed E-state index contributed by atoms with van der Waals surface area (Å²) in [6.07, 6.45) is -7.25. The number of hydrogen-bond acceptors (Lipinski definition) is 8. The second kappa shape index (κ2) is 14.0. The number of nitro benzene ring substituents is 2. The molecule has 1 aromatic heterocycles. The van der Waals surface area contributed by atoms with E-state index in [1.54, 1.807) is 12.1 Å². The molecule has 11 nitrogen and oxygen atoms in total. The summed E-state index contributed by atoms with van der Waals surface area (Å²) in [5.74, 6) is -0.0404. The molecule has 0 amide bonds. The van der Waals surface area contributed by atoms with Crippen LogP contribution < -0.4 is 10.1 Å². The Hall–Kier alpha value is -4.35. The van der Waals surface area contributed by atoms with E-state index in [0.29, 0.717) is 11.8 Å². The summed E-state index contributed by atoms with van der Waals surface area (Å²) < 4.78 is 82.0. The van der Waals surface area contributed by atoms with E-state index in [0.717, 1.165) is 12.0 Å². The number of nitrogens with zero attached hydrogens (tertiary/aromatic N) is 3. The lowest BCUT2D eigenvalue weighted by Gasteiger charge is -2.14. The highest BCUT2D eigenvalue weighted by Crippen LogP contribution is 2.48. The van der Waals surface area contributed by atoms with Crippen LogP contribution in [0, 0.1) is 20.2 Å². The summed E-state index contributed by atoms with van der Waals surface area (Å²) in [6, 6.07) is 5.57. The highest BCUT2D eigenvalue weighted by molar-refractivity contribution is 6.35. The number of phenols is 1. The van der Waals surface area contributed by atoms with Crippen molar-refractivity contribution in [1.29, 1.82) is 0 Å². The van der Waals surface area contributed by atoms with Crippen LogP contribution in [-0.2, 0) is 18.8 Å². The molecule has 0 bridgehead atoms. The number of allylic oxidation sites excluding steroid dienone is 1. The molecular weight excluding hydrogens is 629 g/mol. The third-order valence-electron chi connectivity index (χ3n) is 4.94. The number of pyridine rings is 1. The average Bonchev–Trinajstić information content (AvgIpc) is 2.85. The molecule has 42 heavy (non-hydrogen) atoms. The normalized spacial score (nSPS) is 11.0. The van der Waals surface area contributed by atoms with Crippen molar-refractivity contribution < 1.29 is 51.5 Å². The average molecular weight is 647 g/mol. The standard InChI is InChI=1S/C13H4Cl2F6N4O4.C10H12O2.H2O/c14-6-1-4(12(16,17)18)3-22-11(6)23-9-7(24(26)27)2-5(13(19,20)21)8(15)10(9)25(28)29;1-3-4-8-5-6-9(11)10(7-8)12-2;/h1-3H,(H,22,23);3,5-7,11H,1,4H2,2H3;1H2. The molecule has 3 rings (SSSR count). The number of nitrogens with one attached hydrogen (secondary N) is 1. The Kier molecular flexibility index (Phi) is 11.9. The predicted octanol–water partition coefficient (Wildman–Crippen LogP) is 7.29. The van der Waals surface area contributed by atoms with Crippen molar-refractivity contribution in [3.05, 3.63) is 96.1 Å². The van der Waals surface area contributed by atoms with Gasteiger partial charge in [-0.15, -0.1) is 6.58 Å². The molecule has 1 heterocycles. The highest BCUT2D eigenvalue weighted by atomic mass is 35.5. The number of methoxy groups -OCH3 is 1. The van der Waals surface area contributed by atoms with Crippen LogP contribution in [0.2, 0.25) is 10.0 Å². The van der Waals surface area contributed by atoms with Gasteiger partial charge in [0.05, 0.1) is 33.1 Å². The monoisotopic (exact) mass is 646 g/mol. The predicted molar refractivity (Wildman–Crippen MR) is 139 cm³/mol. The summed E-state index contributed by atoms with van der Waals surface area (Å²) >= 11 is 11.1. The number of aromatic hydroxyl groups is 1. The Morgan fingerprint density at radius 3 is 2.14 bits per heavy atom. The van der Waals surface area contributed by atoms with Crippen LogP contribution in [0.15, 0.2) is 49.2 Å². The van der Waals surface area contributed by atoms with E-state index in [9.17, 15) is 51.7 Å². The smallest absolute Gasteiger partial charge is 0.418 e. The molecule has 3 aromatic rings. The zero-order valence-electron chi connectivity index (χ0n) is 20.8. The summed E-state index contributed by atoms with van der Waals surface area (Å²) in [7, 11) is 1.53. The van der Waals surface area contributed by atoms with Crippen LogP contribution in [0.25, 0.3) is 0 Å². The maximum atomic E-state index is 13.0. The zero-order chi connectivity index (χ0) is 31.3. The number of benzene rings is 2. The Morgan fingerprint density at radius 1 is 1.07 bits per heavy atom. The Morgan fingerprint density at radius 2 is 1.69 bits per heavy atom. The van der Waals surface area contributed by atoms with E-state index in [1.807, 2.05) is 17.5 Å². The number of nitro groups is 2. The number of halogens is 8. The quantitative estimate of drug-likeness (QED) is 0.116. The van der Waals surface area contributed by atoms with Gasteiger partial charge in [0.1, 0.15) is 10.8 Å².